The monoisotopic (exact) mass is 330 g/mol. The number of carbonyl (C=O) groups excluding carboxylic acids is 2. The van der Waals surface area contributed by atoms with Crippen LogP contribution in [0.15, 0.2) is 35.7 Å². The lowest BCUT2D eigenvalue weighted by molar-refractivity contribution is -0.135. The number of esters is 1. The number of carbonyl (C=O) groups is 2. The quantitative estimate of drug-likeness (QED) is 0.809. The third-order valence-electron chi connectivity index (χ3n) is 3.77. The molecule has 0 unspecified atom stereocenters. The summed E-state index contributed by atoms with van der Waals surface area (Å²) in [5.41, 5.74) is 1.21. The normalized spacial score (nSPS) is 14.5. The van der Waals surface area contributed by atoms with Gasteiger partial charge in [0.05, 0.1) is 0 Å². The van der Waals surface area contributed by atoms with E-state index in [1.165, 1.54) is 11.3 Å². The van der Waals surface area contributed by atoms with Crippen LogP contribution in [0.4, 0.5) is 0 Å². The van der Waals surface area contributed by atoms with Gasteiger partial charge in [-0.2, -0.15) is 0 Å². The zero-order valence-electron chi connectivity index (χ0n) is 12.7. The molecule has 0 spiro atoms. The van der Waals surface area contributed by atoms with E-state index in [1.807, 2.05) is 30.3 Å². The lowest BCUT2D eigenvalue weighted by Crippen LogP contribution is -2.38. The molecule has 23 heavy (non-hydrogen) atoms. The number of rotatable bonds is 4. The Morgan fingerprint density at radius 1 is 1.13 bits per heavy atom. The molecule has 6 heteroatoms. The molecule has 1 amide bonds. The second-order valence-corrected chi connectivity index (χ2v) is 6.28. The molecule has 3 rings (SSSR count). The van der Waals surface area contributed by atoms with E-state index in [0.29, 0.717) is 0 Å². The predicted molar refractivity (Wildman–Crippen MR) is 88.3 cm³/mol. The molecule has 120 valence electrons. The lowest BCUT2D eigenvalue weighted by atomic mass is 10.1. The van der Waals surface area contributed by atoms with Crippen LogP contribution in [0, 0.1) is 0 Å². The molecule has 1 aliphatic rings. The van der Waals surface area contributed by atoms with Crippen molar-refractivity contribution in [2.45, 2.75) is 19.3 Å². The Kier molecular flexibility index (Phi) is 5.02. The highest BCUT2D eigenvalue weighted by Gasteiger charge is 2.19. The first kappa shape index (κ1) is 15.7. The maximum absolute atomic E-state index is 12.0. The number of nitrogens with zero attached hydrogens (tertiary/aromatic N) is 2. The third-order valence-corrected chi connectivity index (χ3v) is 4.66. The van der Waals surface area contributed by atoms with Crippen molar-refractivity contribution in [1.82, 2.24) is 9.88 Å². The van der Waals surface area contributed by atoms with Crippen molar-refractivity contribution in [2.24, 2.45) is 0 Å². The van der Waals surface area contributed by atoms with Gasteiger partial charge in [-0.3, -0.25) is 4.79 Å². The van der Waals surface area contributed by atoms with E-state index in [1.54, 1.807) is 10.3 Å². The van der Waals surface area contributed by atoms with E-state index in [2.05, 4.69) is 4.98 Å². The first-order valence-corrected chi connectivity index (χ1v) is 8.58. The summed E-state index contributed by atoms with van der Waals surface area (Å²) >= 11 is 1.39. The summed E-state index contributed by atoms with van der Waals surface area (Å²) in [6.45, 7) is 1.30. The molecule has 1 aromatic heterocycles. The van der Waals surface area contributed by atoms with Crippen LogP contribution in [-0.4, -0.2) is 41.5 Å². The zero-order chi connectivity index (χ0) is 16.1. The van der Waals surface area contributed by atoms with Crippen molar-refractivity contribution in [3.8, 4) is 10.6 Å². The highest BCUT2D eigenvalue weighted by Crippen LogP contribution is 2.23. The molecule has 1 aromatic carbocycles. The maximum Gasteiger partial charge on any atom is 0.358 e. The molecule has 1 saturated heterocycles. The van der Waals surface area contributed by atoms with Gasteiger partial charge in [0.1, 0.15) is 5.01 Å². The van der Waals surface area contributed by atoms with Crippen molar-refractivity contribution < 1.29 is 14.3 Å². The average molecular weight is 330 g/mol. The molecule has 2 heterocycles. The predicted octanol–water partition coefficient (Wildman–Crippen LogP) is 2.98. The molecule has 2 aromatic rings. The van der Waals surface area contributed by atoms with Gasteiger partial charge in [0.2, 0.25) is 0 Å². The fourth-order valence-corrected chi connectivity index (χ4v) is 3.31. The minimum Gasteiger partial charge on any atom is -0.451 e. The molecule has 0 saturated carbocycles. The minimum atomic E-state index is -0.547. The van der Waals surface area contributed by atoms with E-state index in [0.717, 1.165) is 42.9 Å². The molecule has 0 radical (unpaired) electrons. The molecular formula is C17H18N2O3S. The fourth-order valence-electron chi connectivity index (χ4n) is 2.52. The summed E-state index contributed by atoms with van der Waals surface area (Å²) in [4.78, 5) is 30.1. The number of hydrogen-bond acceptors (Lipinski definition) is 5. The molecular weight excluding hydrogens is 312 g/mol. The highest BCUT2D eigenvalue weighted by atomic mass is 32.1. The van der Waals surface area contributed by atoms with Gasteiger partial charge in [0, 0.05) is 24.0 Å². The van der Waals surface area contributed by atoms with Crippen molar-refractivity contribution in [3.05, 3.63) is 41.4 Å². The Labute approximate surface area is 138 Å². The summed E-state index contributed by atoms with van der Waals surface area (Å²) in [7, 11) is 0. The van der Waals surface area contributed by atoms with Gasteiger partial charge in [-0.05, 0) is 19.3 Å². The van der Waals surface area contributed by atoms with Crippen LogP contribution in [0.25, 0.3) is 10.6 Å². The Hall–Kier alpha value is -2.21. The van der Waals surface area contributed by atoms with Gasteiger partial charge in [-0.1, -0.05) is 30.3 Å². The summed E-state index contributed by atoms with van der Waals surface area (Å²) < 4.78 is 5.11. The van der Waals surface area contributed by atoms with E-state index in [4.69, 9.17) is 4.74 Å². The van der Waals surface area contributed by atoms with Crippen LogP contribution >= 0.6 is 11.3 Å². The summed E-state index contributed by atoms with van der Waals surface area (Å²) in [5, 5.41) is 2.43. The topological polar surface area (TPSA) is 59.5 Å². The largest absolute Gasteiger partial charge is 0.451 e. The number of likely N-dealkylation sites (tertiary alicyclic amines) is 1. The van der Waals surface area contributed by atoms with E-state index in [-0.39, 0.29) is 18.2 Å². The number of ether oxygens (including phenoxy) is 1. The van der Waals surface area contributed by atoms with Gasteiger partial charge < -0.3 is 9.64 Å². The summed E-state index contributed by atoms with van der Waals surface area (Å²) in [6, 6.07) is 9.65. The lowest BCUT2D eigenvalue weighted by Gasteiger charge is -2.26. The Bertz CT molecular complexity index is 678. The average Bonchev–Trinajstić information content (AvgIpc) is 3.11. The summed E-state index contributed by atoms with van der Waals surface area (Å²) in [6.07, 6.45) is 3.20. The zero-order valence-corrected chi connectivity index (χ0v) is 13.6. The standard InChI is InChI=1S/C17H18N2O3S/c20-15(19-9-5-2-6-10-19)11-22-17(21)14-12-23-16(18-14)13-7-3-1-4-8-13/h1,3-4,7-8,12H,2,5-6,9-11H2. The van der Waals surface area contributed by atoms with Crippen LogP contribution in [0.1, 0.15) is 29.8 Å². The fraction of sp³-hybridized carbons (Fsp3) is 0.353. The number of benzene rings is 1. The first-order chi connectivity index (χ1) is 11.2. The molecule has 0 aliphatic carbocycles. The van der Waals surface area contributed by atoms with Crippen LogP contribution in [0.5, 0.6) is 0 Å². The summed E-state index contributed by atoms with van der Waals surface area (Å²) in [5.74, 6) is -0.676. The van der Waals surface area contributed by atoms with Crippen molar-refractivity contribution in [3.63, 3.8) is 0 Å². The molecule has 0 bridgehead atoms. The van der Waals surface area contributed by atoms with Gasteiger partial charge in [0.15, 0.2) is 12.3 Å². The molecule has 1 fully saturated rings. The van der Waals surface area contributed by atoms with Crippen LogP contribution < -0.4 is 0 Å². The third kappa shape index (κ3) is 3.96. The SMILES string of the molecule is O=C(OCC(=O)N1CCCCC1)c1csc(-c2ccccc2)n1. The second-order valence-electron chi connectivity index (χ2n) is 5.42. The van der Waals surface area contributed by atoms with Crippen LogP contribution in [0.3, 0.4) is 0 Å². The number of hydrogen-bond donors (Lipinski definition) is 0. The van der Waals surface area contributed by atoms with Crippen molar-refractivity contribution in [1.29, 1.82) is 0 Å². The van der Waals surface area contributed by atoms with E-state index in [9.17, 15) is 9.59 Å². The highest BCUT2D eigenvalue weighted by molar-refractivity contribution is 7.13. The second kappa shape index (κ2) is 7.37. The van der Waals surface area contributed by atoms with Crippen molar-refractivity contribution >= 4 is 23.2 Å². The Morgan fingerprint density at radius 3 is 2.61 bits per heavy atom. The van der Waals surface area contributed by atoms with Crippen molar-refractivity contribution in [2.75, 3.05) is 19.7 Å². The number of piperidine rings is 1. The smallest absolute Gasteiger partial charge is 0.358 e. The number of aromatic nitrogens is 1. The number of thiazole rings is 1. The van der Waals surface area contributed by atoms with Gasteiger partial charge in [-0.25, -0.2) is 9.78 Å². The molecule has 5 nitrogen and oxygen atoms in total. The van der Waals surface area contributed by atoms with Crippen LogP contribution in [-0.2, 0) is 9.53 Å². The molecule has 0 atom stereocenters. The van der Waals surface area contributed by atoms with E-state index < -0.39 is 5.97 Å². The molecule has 1 aliphatic heterocycles. The Balaban J connectivity index is 1.56. The van der Waals surface area contributed by atoms with Gasteiger partial charge in [-0.15, -0.1) is 11.3 Å². The number of amides is 1. The minimum absolute atomic E-state index is 0.128. The molecule has 0 N–H and O–H groups in total. The van der Waals surface area contributed by atoms with E-state index >= 15 is 0 Å². The Morgan fingerprint density at radius 2 is 1.87 bits per heavy atom. The van der Waals surface area contributed by atoms with Gasteiger partial charge >= 0.3 is 5.97 Å². The maximum atomic E-state index is 12.0. The van der Waals surface area contributed by atoms with Gasteiger partial charge in [0.25, 0.3) is 5.91 Å². The van der Waals surface area contributed by atoms with Crippen LogP contribution in [0.2, 0.25) is 0 Å². The first-order valence-electron chi connectivity index (χ1n) is 7.70.